The Kier molecular flexibility index (Phi) is 6.81. The number of hydrogen-bond donors (Lipinski definition) is 0. The molecule has 0 fully saturated rings. The van der Waals surface area contributed by atoms with Crippen molar-refractivity contribution in [1.82, 2.24) is 0 Å². The van der Waals surface area contributed by atoms with Gasteiger partial charge in [-0.05, 0) is 111 Å². The van der Waals surface area contributed by atoms with E-state index in [0.29, 0.717) is 0 Å². The molecule has 290 valence electrons. The Bertz CT molecular complexity index is 3450. The van der Waals surface area contributed by atoms with Crippen LogP contribution in [0, 0.1) is 0 Å². The largest absolute Gasteiger partial charge is 0.459 e. The Morgan fingerprint density at radius 1 is 0.317 bits per heavy atom. The molecule has 6 heterocycles. The van der Waals surface area contributed by atoms with E-state index in [4.69, 9.17) is 14.2 Å². The fourth-order valence-electron chi connectivity index (χ4n) is 11.4. The predicted molar refractivity (Wildman–Crippen MR) is 260 cm³/mol. The highest BCUT2D eigenvalue weighted by atomic mass is 32.2. The van der Waals surface area contributed by atoms with Crippen molar-refractivity contribution in [2.45, 2.75) is 9.79 Å². The molecule has 0 aromatic heterocycles. The Balaban J connectivity index is 1.07. The van der Waals surface area contributed by atoms with E-state index in [1.807, 2.05) is 17.8 Å². The number of benzene rings is 9. The third kappa shape index (κ3) is 4.57. The molecule has 15 rings (SSSR count). The van der Waals surface area contributed by atoms with Gasteiger partial charge in [0.1, 0.15) is 34.5 Å². The molecule has 0 atom stereocenters. The lowest BCUT2D eigenvalue weighted by Crippen LogP contribution is -2.66. The van der Waals surface area contributed by atoms with Crippen molar-refractivity contribution >= 4 is 115 Å². The molecule has 0 saturated carbocycles. The van der Waals surface area contributed by atoms with E-state index in [1.54, 1.807) is 0 Å². The van der Waals surface area contributed by atoms with E-state index in [9.17, 15) is 0 Å². The molecule has 0 spiro atoms. The fourth-order valence-corrected chi connectivity index (χ4v) is 12.6. The summed E-state index contributed by atoms with van der Waals surface area (Å²) in [7, 11) is 0. The first-order valence-corrected chi connectivity index (χ1v) is 22.4. The minimum atomic E-state index is -0.188. The molecule has 0 saturated heterocycles. The fraction of sp³-hybridized carbons (Fsp3) is 0. The van der Waals surface area contributed by atoms with E-state index in [0.717, 1.165) is 85.0 Å². The highest BCUT2D eigenvalue weighted by molar-refractivity contribution is 8.00. The number of para-hydroxylation sites is 4. The van der Waals surface area contributed by atoms with Crippen LogP contribution in [0.25, 0.3) is 0 Å². The van der Waals surface area contributed by atoms with Crippen LogP contribution in [-0.2, 0) is 0 Å². The van der Waals surface area contributed by atoms with Crippen molar-refractivity contribution in [1.29, 1.82) is 0 Å². The van der Waals surface area contributed by atoms with Crippen LogP contribution in [0.2, 0.25) is 0 Å². The first-order chi connectivity index (χ1) is 31.3. The van der Waals surface area contributed by atoms with Gasteiger partial charge in [0, 0.05) is 55.4 Å². The zero-order chi connectivity index (χ0) is 40.9. The van der Waals surface area contributed by atoms with Crippen LogP contribution in [0.4, 0.5) is 34.1 Å². The molecule has 9 aromatic carbocycles. The van der Waals surface area contributed by atoms with Crippen LogP contribution < -0.4 is 73.2 Å². The molecule has 0 bridgehead atoms. The van der Waals surface area contributed by atoms with Gasteiger partial charge in [0.15, 0.2) is 0 Å². The van der Waals surface area contributed by atoms with E-state index in [1.165, 1.54) is 42.6 Å². The van der Waals surface area contributed by atoms with Crippen LogP contribution in [0.3, 0.4) is 0 Å². The van der Waals surface area contributed by atoms with Crippen LogP contribution >= 0.6 is 11.8 Å². The van der Waals surface area contributed by atoms with Gasteiger partial charge in [0.05, 0.1) is 0 Å². The van der Waals surface area contributed by atoms with Crippen molar-refractivity contribution in [3.63, 3.8) is 0 Å². The summed E-state index contributed by atoms with van der Waals surface area (Å²) in [6.45, 7) is -0.242. The van der Waals surface area contributed by atoms with E-state index >= 15 is 0 Å². The molecular formula is C54H31B3N2O3S. The minimum Gasteiger partial charge on any atom is -0.459 e. The number of fused-ring (bicyclic) bond motifs is 13. The summed E-state index contributed by atoms with van der Waals surface area (Å²) in [6, 6.07) is 67.9. The first kappa shape index (κ1) is 34.2. The summed E-state index contributed by atoms with van der Waals surface area (Å²) in [5.74, 6) is 5.27. The maximum absolute atomic E-state index is 7.44. The summed E-state index contributed by atoms with van der Waals surface area (Å²) in [5, 5.41) is 0. The lowest BCUT2D eigenvalue weighted by Gasteiger charge is -2.46. The third-order valence-corrected chi connectivity index (χ3v) is 15.0. The van der Waals surface area contributed by atoms with E-state index in [-0.39, 0.29) is 20.1 Å². The predicted octanol–water partition coefficient (Wildman–Crippen LogP) is 7.58. The first-order valence-electron chi connectivity index (χ1n) is 21.6. The van der Waals surface area contributed by atoms with Gasteiger partial charge in [-0.15, -0.1) is 0 Å². The van der Waals surface area contributed by atoms with E-state index in [2.05, 4.69) is 192 Å². The molecule has 0 amide bonds. The normalized spacial score (nSPS) is 14.5. The summed E-state index contributed by atoms with van der Waals surface area (Å²) in [5.41, 5.74) is 17.4. The highest BCUT2D eigenvalue weighted by Gasteiger charge is 2.50. The van der Waals surface area contributed by atoms with Gasteiger partial charge in [-0.3, -0.25) is 0 Å². The molecule has 6 aliphatic heterocycles. The zero-order valence-corrected chi connectivity index (χ0v) is 34.5. The van der Waals surface area contributed by atoms with Gasteiger partial charge in [-0.25, -0.2) is 0 Å². The highest BCUT2D eigenvalue weighted by Crippen LogP contribution is 2.48. The molecule has 9 aromatic rings. The maximum Gasteiger partial charge on any atom is 0.260 e. The van der Waals surface area contributed by atoms with Gasteiger partial charge < -0.3 is 24.0 Å². The standard InChI is InChI=1S/C54H31B3N2O3S/c1-3-15-32(16-4-1)58-39-22-13-23-40-50(39)57(37-29-38-47(30-41(37)58)61-46-27-14-26-45-52(46)56(38)34-19-7-10-24-43(34)60-45)51-42(59(40)33-17-5-2-6-18-33)31-49-53-54(51)62-44-25-11-8-20-35(44)55(53)36-21-9-12-28-48(36)63-49/h1-31H. The number of hydrogen-bond acceptors (Lipinski definition) is 6. The van der Waals surface area contributed by atoms with Gasteiger partial charge in [0.2, 0.25) is 0 Å². The maximum atomic E-state index is 7.44. The Labute approximate surface area is 369 Å². The lowest BCUT2D eigenvalue weighted by molar-refractivity contribution is 0.464. The van der Waals surface area contributed by atoms with Crippen molar-refractivity contribution in [2.75, 3.05) is 9.80 Å². The van der Waals surface area contributed by atoms with Crippen molar-refractivity contribution in [3.8, 4) is 34.5 Å². The summed E-state index contributed by atoms with van der Waals surface area (Å²) in [6.07, 6.45) is 0. The van der Waals surface area contributed by atoms with Gasteiger partial charge in [0.25, 0.3) is 20.1 Å². The molecule has 6 aliphatic rings. The molecule has 0 aliphatic carbocycles. The third-order valence-electron chi connectivity index (χ3n) is 13.9. The Hall–Kier alpha value is -7.48. The quantitative estimate of drug-likeness (QED) is 0.168. The molecule has 63 heavy (non-hydrogen) atoms. The van der Waals surface area contributed by atoms with E-state index < -0.39 is 0 Å². The van der Waals surface area contributed by atoms with Gasteiger partial charge >= 0.3 is 0 Å². The molecule has 9 heteroatoms. The average molecular weight is 820 g/mol. The zero-order valence-electron chi connectivity index (χ0n) is 33.7. The van der Waals surface area contributed by atoms with Gasteiger partial charge in [-0.1, -0.05) is 126 Å². The van der Waals surface area contributed by atoms with Crippen molar-refractivity contribution in [3.05, 3.63) is 188 Å². The second-order valence-corrected chi connectivity index (χ2v) is 18.1. The Morgan fingerprint density at radius 3 is 1.59 bits per heavy atom. The number of rotatable bonds is 2. The Morgan fingerprint density at radius 2 is 0.873 bits per heavy atom. The number of ether oxygens (including phenoxy) is 3. The SMILES string of the molecule is c1ccc(N2c3cc4c(cc3B3c5c2cccc5N(c2ccccc2)c2cc5c6c(c23)Oc2ccccc2B6c2ccccc2S5)B2c3ccccc3Oc3cccc(c32)O4)cc1. The summed E-state index contributed by atoms with van der Waals surface area (Å²) < 4.78 is 21.0. The van der Waals surface area contributed by atoms with Crippen molar-refractivity contribution < 1.29 is 14.2 Å². The molecular weight excluding hydrogens is 789 g/mol. The smallest absolute Gasteiger partial charge is 0.260 e. The van der Waals surface area contributed by atoms with Crippen LogP contribution in [0.1, 0.15) is 0 Å². The molecule has 0 unspecified atom stereocenters. The van der Waals surface area contributed by atoms with Crippen LogP contribution in [-0.4, -0.2) is 20.1 Å². The van der Waals surface area contributed by atoms with Gasteiger partial charge in [-0.2, -0.15) is 0 Å². The lowest BCUT2D eigenvalue weighted by atomic mass is 9.29. The topological polar surface area (TPSA) is 34.2 Å². The monoisotopic (exact) mass is 820 g/mol. The molecule has 0 radical (unpaired) electrons. The van der Waals surface area contributed by atoms with Crippen molar-refractivity contribution in [2.24, 2.45) is 0 Å². The minimum absolute atomic E-state index is 0.0268. The number of anilines is 6. The molecule has 0 N–H and O–H groups in total. The van der Waals surface area contributed by atoms with Crippen LogP contribution in [0.15, 0.2) is 198 Å². The van der Waals surface area contributed by atoms with Crippen LogP contribution in [0.5, 0.6) is 34.5 Å². The summed E-state index contributed by atoms with van der Waals surface area (Å²) in [4.78, 5) is 7.44. The number of nitrogens with zero attached hydrogens (tertiary/aromatic N) is 2. The summed E-state index contributed by atoms with van der Waals surface area (Å²) >= 11 is 1.86. The second kappa shape index (κ2) is 12.6. The second-order valence-electron chi connectivity index (χ2n) is 17.0. The molecule has 5 nitrogen and oxygen atoms in total. The average Bonchev–Trinajstić information content (AvgIpc) is 3.33.